The fourth-order valence-electron chi connectivity index (χ4n) is 3.06. The molecule has 0 saturated heterocycles. The fraction of sp³-hybridized carbons (Fsp3) is 0.750. The summed E-state index contributed by atoms with van der Waals surface area (Å²) in [5.41, 5.74) is -0.435. The van der Waals surface area contributed by atoms with Gasteiger partial charge >= 0.3 is 6.03 Å². The van der Waals surface area contributed by atoms with Gasteiger partial charge in [-0.15, -0.1) is 0 Å². The SMILES string of the molecule is CC(NC(=O)NCC(C)(O)c1cnn(C)c1)C1CCCCC1. The zero-order chi connectivity index (χ0) is 16.2. The Hall–Kier alpha value is -1.56. The van der Waals surface area contributed by atoms with Crippen LogP contribution in [0, 0.1) is 5.92 Å². The monoisotopic (exact) mass is 308 g/mol. The molecule has 6 nitrogen and oxygen atoms in total. The Morgan fingerprint density at radius 1 is 1.50 bits per heavy atom. The minimum Gasteiger partial charge on any atom is -0.383 e. The largest absolute Gasteiger partial charge is 0.383 e. The minimum atomic E-state index is -1.13. The number of hydrogen-bond acceptors (Lipinski definition) is 3. The van der Waals surface area contributed by atoms with E-state index in [-0.39, 0.29) is 18.6 Å². The molecule has 1 aromatic heterocycles. The van der Waals surface area contributed by atoms with E-state index in [1.165, 1.54) is 32.1 Å². The van der Waals surface area contributed by atoms with E-state index in [0.717, 1.165) is 0 Å². The van der Waals surface area contributed by atoms with Gasteiger partial charge in [-0.2, -0.15) is 5.10 Å². The lowest BCUT2D eigenvalue weighted by molar-refractivity contribution is 0.0590. The average molecular weight is 308 g/mol. The van der Waals surface area contributed by atoms with Crippen LogP contribution in [-0.4, -0.2) is 33.5 Å². The molecule has 0 spiro atoms. The summed E-state index contributed by atoms with van der Waals surface area (Å²) in [7, 11) is 1.80. The van der Waals surface area contributed by atoms with Gasteiger partial charge in [0.15, 0.2) is 0 Å². The Balaban J connectivity index is 1.79. The van der Waals surface area contributed by atoms with Crippen LogP contribution in [0.1, 0.15) is 51.5 Å². The predicted octanol–water partition coefficient (Wildman–Crippen LogP) is 1.90. The molecule has 0 radical (unpaired) electrons. The van der Waals surface area contributed by atoms with Gasteiger partial charge in [-0.3, -0.25) is 4.68 Å². The number of nitrogens with one attached hydrogen (secondary N) is 2. The standard InChI is InChI=1S/C16H28N4O2/c1-12(13-7-5-4-6-8-13)19-15(21)17-11-16(2,22)14-9-18-20(3)10-14/h9-10,12-13,22H,4-8,11H2,1-3H3,(H2,17,19,21). The molecule has 124 valence electrons. The van der Waals surface area contributed by atoms with E-state index in [4.69, 9.17) is 0 Å². The van der Waals surface area contributed by atoms with Gasteiger partial charge in [0.2, 0.25) is 0 Å². The number of aromatic nitrogens is 2. The summed E-state index contributed by atoms with van der Waals surface area (Å²) in [4.78, 5) is 12.0. The van der Waals surface area contributed by atoms with Crippen LogP contribution in [0.4, 0.5) is 4.79 Å². The molecule has 1 heterocycles. The Bertz CT molecular complexity index is 492. The molecule has 1 fully saturated rings. The van der Waals surface area contributed by atoms with E-state index in [2.05, 4.69) is 22.7 Å². The van der Waals surface area contributed by atoms with Crippen LogP contribution >= 0.6 is 0 Å². The van der Waals surface area contributed by atoms with Crippen molar-refractivity contribution in [1.82, 2.24) is 20.4 Å². The first-order valence-electron chi connectivity index (χ1n) is 8.14. The maximum Gasteiger partial charge on any atom is 0.315 e. The highest BCUT2D eigenvalue weighted by molar-refractivity contribution is 5.74. The highest BCUT2D eigenvalue weighted by Gasteiger charge is 2.26. The molecule has 2 atom stereocenters. The summed E-state index contributed by atoms with van der Waals surface area (Å²) in [5, 5.41) is 20.2. The molecular formula is C16H28N4O2. The number of aryl methyl sites for hydroxylation is 1. The molecule has 1 aromatic rings. The number of rotatable bonds is 5. The molecule has 0 aliphatic heterocycles. The molecule has 0 aromatic carbocycles. The van der Waals surface area contributed by atoms with Crippen molar-refractivity contribution in [2.75, 3.05) is 6.54 Å². The number of urea groups is 1. The van der Waals surface area contributed by atoms with Crippen LogP contribution in [0.15, 0.2) is 12.4 Å². The van der Waals surface area contributed by atoms with Crippen molar-refractivity contribution in [3.8, 4) is 0 Å². The normalized spacial score (nSPS) is 20.2. The van der Waals surface area contributed by atoms with Crippen LogP contribution in [-0.2, 0) is 12.6 Å². The average Bonchev–Trinajstić information content (AvgIpc) is 2.94. The van der Waals surface area contributed by atoms with Gasteiger partial charge in [-0.1, -0.05) is 19.3 Å². The van der Waals surface area contributed by atoms with Crippen LogP contribution in [0.3, 0.4) is 0 Å². The van der Waals surface area contributed by atoms with E-state index in [1.807, 2.05) is 0 Å². The molecule has 0 bridgehead atoms. The molecule has 22 heavy (non-hydrogen) atoms. The zero-order valence-electron chi connectivity index (χ0n) is 13.8. The lowest BCUT2D eigenvalue weighted by Crippen LogP contribution is -2.48. The first-order chi connectivity index (χ1) is 10.4. The van der Waals surface area contributed by atoms with Gasteiger partial charge < -0.3 is 15.7 Å². The van der Waals surface area contributed by atoms with E-state index in [9.17, 15) is 9.90 Å². The lowest BCUT2D eigenvalue weighted by Gasteiger charge is -2.29. The summed E-state index contributed by atoms with van der Waals surface area (Å²) in [5.74, 6) is 0.568. The van der Waals surface area contributed by atoms with E-state index in [1.54, 1.807) is 31.0 Å². The zero-order valence-corrected chi connectivity index (χ0v) is 13.8. The second-order valence-corrected chi connectivity index (χ2v) is 6.69. The van der Waals surface area contributed by atoms with E-state index >= 15 is 0 Å². The molecule has 2 amide bonds. The van der Waals surface area contributed by atoms with Crippen molar-refractivity contribution in [3.05, 3.63) is 18.0 Å². The smallest absolute Gasteiger partial charge is 0.315 e. The summed E-state index contributed by atoms with van der Waals surface area (Å²) < 4.78 is 1.63. The molecule has 3 N–H and O–H groups in total. The van der Waals surface area contributed by atoms with Crippen LogP contribution < -0.4 is 10.6 Å². The number of carbonyl (C=O) groups excluding carboxylic acids is 1. The maximum atomic E-state index is 12.0. The molecule has 1 aliphatic rings. The van der Waals surface area contributed by atoms with Gasteiger partial charge in [0.25, 0.3) is 0 Å². The number of aliphatic hydroxyl groups is 1. The third-order valence-electron chi connectivity index (χ3n) is 4.64. The third kappa shape index (κ3) is 4.47. The second-order valence-electron chi connectivity index (χ2n) is 6.69. The molecule has 1 saturated carbocycles. The van der Waals surface area contributed by atoms with Gasteiger partial charge in [0.05, 0.1) is 12.7 Å². The Labute approximate surface area is 132 Å². The van der Waals surface area contributed by atoms with Crippen molar-refractivity contribution < 1.29 is 9.90 Å². The number of nitrogens with zero attached hydrogens (tertiary/aromatic N) is 2. The third-order valence-corrected chi connectivity index (χ3v) is 4.64. The van der Waals surface area contributed by atoms with Crippen molar-refractivity contribution >= 4 is 6.03 Å². The highest BCUT2D eigenvalue weighted by atomic mass is 16.3. The summed E-state index contributed by atoms with van der Waals surface area (Å²) >= 11 is 0. The molecule has 2 rings (SSSR count). The molecule has 2 unspecified atom stereocenters. The fourth-order valence-corrected chi connectivity index (χ4v) is 3.06. The lowest BCUT2D eigenvalue weighted by atomic mass is 9.85. The van der Waals surface area contributed by atoms with Crippen LogP contribution in [0.25, 0.3) is 0 Å². The summed E-state index contributed by atoms with van der Waals surface area (Å²) in [6, 6.07) is -0.0501. The predicted molar refractivity (Wildman–Crippen MR) is 85.4 cm³/mol. The van der Waals surface area contributed by atoms with Crippen LogP contribution in [0.2, 0.25) is 0 Å². The summed E-state index contributed by atoms with van der Waals surface area (Å²) in [6.07, 6.45) is 9.57. The van der Waals surface area contributed by atoms with Gasteiger partial charge in [0, 0.05) is 24.8 Å². The van der Waals surface area contributed by atoms with Crippen molar-refractivity contribution in [2.45, 2.75) is 57.6 Å². The van der Waals surface area contributed by atoms with Crippen molar-refractivity contribution in [2.24, 2.45) is 13.0 Å². The van der Waals surface area contributed by atoms with Crippen molar-refractivity contribution in [1.29, 1.82) is 0 Å². The maximum absolute atomic E-state index is 12.0. The topological polar surface area (TPSA) is 79.2 Å². The Kier molecular flexibility index (Phi) is 5.45. The number of hydrogen-bond donors (Lipinski definition) is 3. The van der Waals surface area contributed by atoms with Crippen molar-refractivity contribution in [3.63, 3.8) is 0 Å². The molecular weight excluding hydrogens is 280 g/mol. The highest BCUT2D eigenvalue weighted by Crippen LogP contribution is 2.26. The van der Waals surface area contributed by atoms with Gasteiger partial charge in [-0.05, 0) is 32.6 Å². The first kappa shape index (κ1) is 16.8. The van der Waals surface area contributed by atoms with E-state index < -0.39 is 5.60 Å². The van der Waals surface area contributed by atoms with E-state index in [0.29, 0.717) is 11.5 Å². The number of amides is 2. The quantitative estimate of drug-likeness (QED) is 0.777. The molecule has 6 heteroatoms. The summed E-state index contributed by atoms with van der Waals surface area (Å²) in [6.45, 7) is 3.89. The molecule has 1 aliphatic carbocycles. The number of carbonyl (C=O) groups is 1. The van der Waals surface area contributed by atoms with Gasteiger partial charge in [-0.25, -0.2) is 4.79 Å². The second kappa shape index (κ2) is 7.13. The first-order valence-corrected chi connectivity index (χ1v) is 8.14. The Morgan fingerprint density at radius 2 is 2.18 bits per heavy atom. The van der Waals surface area contributed by atoms with Crippen LogP contribution in [0.5, 0.6) is 0 Å². The van der Waals surface area contributed by atoms with Gasteiger partial charge in [0.1, 0.15) is 5.60 Å². The minimum absolute atomic E-state index is 0.155. The Morgan fingerprint density at radius 3 is 2.77 bits per heavy atom.